The predicted molar refractivity (Wildman–Crippen MR) is 90.9 cm³/mol. The number of aromatic carboxylic acids is 1. The third-order valence-corrected chi connectivity index (χ3v) is 5.03. The van der Waals surface area contributed by atoms with Gasteiger partial charge in [-0.3, -0.25) is 0 Å². The number of benzene rings is 2. The summed E-state index contributed by atoms with van der Waals surface area (Å²) in [4.78, 5) is 11.6. The van der Waals surface area contributed by atoms with Gasteiger partial charge >= 0.3 is 5.97 Å². The van der Waals surface area contributed by atoms with E-state index < -0.39 is 5.97 Å². The summed E-state index contributed by atoms with van der Waals surface area (Å²) in [5, 5.41) is 13.1. The highest BCUT2D eigenvalue weighted by Crippen LogP contribution is 2.50. The molecule has 2 N–H and O–H groups in total. The minimum absolute atomic E-state index is 0.142. The largest absolute Gasteiger partial charge is 0.478 e. The van der Waals surface area contributed by atoms with E-state index in [9.17, 15) is 9.90 Å². The highest BCUT2D eigenvalue weighted by atomic mass is 16.4. The Morgan fingerprint density at radius 1 is 1.22 bits per heavy atom. The van der Waals surface area contributed by atoms with Crippen LogP contribution in [0.1, 0.15) is 45.4 Å². The second kappa shape index (κ2) is 5.27. The van der Waals surface area contributed by atoms with Gasteiger partial charge in [-0.1, -0.05) is 54.1 Å². The molecule has 3 atom stereocenters. The van der Waals surface area contributed by atoms with Gasteiger partial charge in [0, 0.05) is 5.92 Å². The molecule has 0 amide bonds. The molecule has 0 saturated heterocycles. The Hall–Kier alpha value is -2.55. The molecule has 0 bridgehead atoms. The van der Waals surface area contributed by atoms with E-state index in [-0.39, 0.29) is 12.0 Å². The lowest BCUT2D eigenvalue weighted by Gasteiger charge is -2.38. The Morgan fingerprint density at radius 3 is 2.83 bits per heavy atom. The number of hydrogen-bond acceptors (Lipinski definition) is 2. The summed E-state index contributed by atoms with van der Waals surface area (Å²) >= 11 is 0. The number of allylic oxidation sites excluding steroid dienone is 2. The monoisotopic (exact) mass is 305 g/mol. The van der Waals surface area contributed by atoms with Crippen LogP contribution in [0.3, 0.4) is 0 Å². The summed E-state index contributed by atoms with van der Waals surface area (Å²) in [6.07, 6.45) is 5.48. The molecule has 4 rings (SSSR count). The fourth-order valence-electron chi connectivity index (χ4n) is 3.99. The van der Waals surface area contributed by atoms with Crippen molar-refractivity contribution in [1.82, 2.24) is 0 Å². The quantitative estimate of drug-likeness (QED) is 0.802. The SMILES string of the molecule is Cc1cccc(C2Nc3c(C(=O)O)cccc3C3C=CCC32)c1. The number of carboxylic acid groups (broad SMARTS) is 1. The van der Waals surface area contributed by atoms with Crippen LogP contribution < -0.4 is 5.32 Å². The standard InChI is InChI=1S/C20H19NO2/c1-12-5-2-6-13(11-12)18-15-8-3-7-14(15)16-9-4-10-17(20(22)23)19(16)21-18/h2-7,9-11,14-15,18,21H,8H2,1H3,(H,22,23). The Morgan fingerprint density at radius 2 is 2.04 bits per heavy atom. The molecule has 3 unspecified atom stereocenters. The Balaban J connectivity index is 1.85. The number of carbonyl (C=O) groups is 1. The third kappa shape index (κ3) is 2.24. The molecule has 3 nitrogen and oxygen atoms in total. The number of carboxylic acids is 1. The van der Waals surface area contributed by atoms with E-state index in [0.29, 0.717) is 11.5 Å². The minimum atomic E-state index is -0.877. The molecule has 2 aromatic rings. The molecule has 23 heavy (non-hydrogen) atoms. The van der Waals surface area contributed by atoms with E-state index in [1.54, 1.807) is 6.07 Å². The predicted octanol–water partition coefficient (Wildman–Crippen LogP) is 4.52. The van der Waals surface area contributed by atoms with E-state index in [2.05, 4.69) is 54.7 Å². The van der Waals surface area contributed by atoms with Crippen LogP contribution in [0, 0.1) is 12.8 Å². The fraction of sp³-hybridized carbons (Fsp3) is 0.250. The minimum Gasteiger partial charge on any atom is -0.478 e. The van der Waals surface area contributed by atoms with Crippen molar-refractivity contribution in [3.63, 3.8) is 0 Å². The van der Waals surface area contributed by atoms with Crippen molar-refractivity contribution < 1.29 is 9.90 Å². The van der Waals surface area contributed by atoms with Crippen LogP contribution in [0.5, 0.6) is 0 Å². The summed E-state index contributed by atoms with van der Waals surface area (Å²) in [7, 11) is 0. The second-order valence-corrected chi connectivity index (χ2v) is 6.46. The van der Waals surface area contributed by atoms with E-state index in [1.165, 1.54) is 11.1 Å². The van der Waals surface area contributed by atoms with Gasteiger partial charge in [0.15, 0.2) is 0 Å². The summed E-state index contributed by atoms with van der Waals surface area (Å²) in [5.41, 5.74) is 4.70. The number of nitrogens with one attached hydrogen (secondary N) is 1. The van der Waals surface area contributed by atoms with Crippen LogP contribution >= 0.6 is 0 Å². The van der Waals surface area contributed by atoms with Crippen molar-refractivity contribution in [2.75, 3.05) is 5.32 Å². The molecular formula is C20H19NO2. The van der Waals surface area contributed by atoms with Gasteiger partial charge in [0.2, 0.25) is 0 Å². The lowest BCUT2D eigenvalue weighted by atomic mass is 9.76. The maximum Gasteiger partial charge on any atom is 0.337 e. The lowest BCUT2D eigenvalue weighted by molar-refractivity contribution is 0.0697. The van der Waals surface area contributed by atoms with Crippen molar-refractivity contribution in [2.45, 2.75) is 25.3 Å². The molecule has 3 heteroatoms. The van der Waals surface area contributed by atoms with Gasteiger partial charge < -0.3 is 10.4 Å². The fourth-order valence-corrected chi connectivity index (χ4v) is 3.99. The van der Waals surface area contributed by atoms with Crippen molar-refractivity contribution >= 4 is 11.7 Å². The number of fused-ring (bicyclic) bond motifs is 3. The number of rotatable bonds is 2. The Bertz CT molecular complexity index is 809. The molecule has 2 aliphatic rings. The average molecular weight is 305 g/mol. The summed E-state index contributed by atoms with van der Waals surface area (Å²) in [6, 6.07) is 14.2. The Kier molecular flexibility index (Phi) is 3.22. The number of para-hydroxylation sites is 1. The number of hydrogen-bond donors (Lipinski definition) is 2. The van der Waals surface area contributed by atoms with Gasteiger partial charge in [-0.05, 0) is 36.5 Å². The Labute approximate surface area is 135 Å². The van der Waals surface area contributed by atoms with E-state index in [0.717, 1.165) is 17.7 Å². The van der Waals surface area contributed by atoms with Crippen LogP contribution in [0.4, 0.5) is 5.69 Å². The molecule has 1 heterocycles. The highest BCUT2D eigenvalue weighted by Gasteiger charge is 2.39. The van der Waals surface area contributed by atoms with E-state index >= 15 is 0 Å². The van der Waals surface area contributed by atoms with Crippen LogP contribution in [0.2, 0.25) is 0 Å². The van der Waals surface area contributed by atoms with Gasteiger partial charge in [0.05, 0.1) is 17.3 Å². The molecule has 0 aromatic heterocycles. The van der Waals surface area contributed by atoms with E-state index in [4.69, 9.17) is 0 Å². The molecule has 0 saturated carbocycles. The van der Waals surface area contributed by atoms with Crippen LogP contribution in [0.25, 0.3) is 0 Å². The molecule has 1 aliphatic heterocycles. The van der Waals surface area contributed by atoms with Crippen LogP contribution in [-0.2, 0) is 0 Å². The van der Waals surface area contributed by atoms with Crippen LogP contribution in [0.15, 0.2) is 54.6 Å². The zero-order valence-corrected chi connectivity index (χ0v) is 13.0. The number of aryl methyl sites for hydroxylation is 1. The van der Waals surface area contributed by atoms with Crippen molar-refractivity contribution in [3.8, 4) is 0 Å². The highest BCUT2D eigenvalue weighted by molar-refractivity contribution is 5.95. The zero-order chi connectivity index (χ0) is 16.0. The van der Waals surface area contributed by atoms with Gasteiger partial charge in [-0.2, -0.15) is 0 Å². The normalized spacial score (nSPS) is 24.7. The second-order valence-electron chi connectivity index (χ2n) is 6.46. The summed E-state index contributed by atoms with van der Waals surface area (Å²) < 4.78 is 0. The smallest absolute Gasteiger partial charge is 0.337 e. The average Bonchev–Trinajstić information content (AvgIpc) is 3.03. The molecule has 2 aromatic carbocycles. The van der Waals surface area contributed by atoms with E-state index in [1.807, 2.05) is 6.07 Å². The summed E-state index contributed by atoms with van der Waals surface area (Å²) in [5.74, 6) is -0.151. The first kappa shape index (κ1) is 14.1. The lowest BCUT2D eigenvalue weighted by Crippen LogP contribution is -2.30. The maximum absolute atomic E-state index is 11.6. The van der Waals surface area contributed by atoms with Gasteiger partial charge in [0.1, 0.15) is 0 Å². The molecular weight excluding hydrogens is 286 g/mol. The topological polar surface area (TPSA) is 49.3 Å². The molecule has 1 aliphatic carbocycles. The first-order valence-corrected chi connectivity index (χ1v) is 8.01. The molecule has 0 radical (unpaired) electrons. The first-order valence-electron chi connectivity index (χ1n) is 8.01. The van der Waals surface area contributed by atoms with Gasteiger partial charge in [0.25, 0.3) is 0 Å². The van der Waals surface area contributed by atoms with Crippen molar-refractivity contribution in [1.29, 1.82) is 0 Å². The first-order chi connectivity index (χ1) is 11.1. The maximum atomic E-state index is 11.6. The van der Waals surface area contributed by atoms with Crippen molar-refractivity contribution in [2.24, 2.45) is 5.92 Å². The molecule has 116 valence electrons. The third-order valence-electron chi connectivity index (χ3n) is 5.03. The molecule has 0 spiro atoms. The van der Waals surface area contributed by atoms with Crippen molar-refractivity contribution in [3.05, 3.63) is 76.9 Å². The van der Waals surface area contributed by atoms with Crippen LogP contribution in [-0.4, -0.2) is 11.1 Å². The summed E-state index contributed by atoms with van der Waals surface area (Å²) in [6.45, 7) is 2.09. The number of anilines is 1. The van der Waals surface area contributed by atoms with Gasteiger partial charge in [-0.15, -0.1) is 0 Å². The van der Waals surface area contributed by atoms with Gasteiger partial charge in [-0.25, -0.2) is 4.79 Å². The zero-order valence-electron chi connectivity index (χ0n) is 13.0. The molecule has 0 fully saturated rings.